The number of fused-ring (bicyclic) bond motifs is 1. The summed E-state index contributed by atoms with van der Waals surface area (Å²) >= 11 is 0. The molecule has 5 nitrogen and oxygen atoms in total. The average Bonchev–Trinajstić information content (AvgIpc) is 3.26. The van der Waals surface area contributed by atoms with Crippen LogP contribution in [0, 0.1) is 0 Å². The molecule has 1 aliphatic rings. The molecule has 0 radical (unpaired) electrons. The van der Waals surface area contributed by atoms with Crippen LogP contribution in [0.1, 0.15) is 40.0 Å². The Labute approximate surface area is 188 Å². The molecule has 2 heterocycles. The van der Waals surface area contributed by atoms with Gasteiger partial charge < -0.3 is 9.84 Å². The summed E-state index contributed by atoms with van der Waals surface area (Å²) in [5, 5.41) is 18.7. The molecule has 5 heteroatoms. The van der Waals surface area contributed by atoms with Crippen molar-refractivity contribution in [2.75, 3.05) is 13.2 Å². The van der Waals surface area contributed by atoms with Gasteiger partial charge in [0.05, 0.1) is 6.10 Å². The van der Waals surface area contributed by atoms with Crippen LogP contribution in [0.3, 0.4) is 0 Å². The summed E-state index contributed by atoms with van der Waals surface area (Å²) in [6, 6.07) is 28.5. The minimum atomic E-state index is -0.672. The molecule has 0 amide bonds. The lowest BCUT2D eigenvalue weighted by Crippen LogP contribution is -2.25. The van der Waals surface area contributed by atoms with Crippen LogP contribution in [0.5, 0.6) is 5.75 Å². The van der Waals surface area contributed by atoms with Gasteiger partial charge in [-0.3, -0.25) is 10.00 Å². The van der Waals surface area contributed by atoms with Crippen molar-refractivity contribution in [2.24, 2.45) is 0 Å². The van der Waals surface area contributed by atoms with Gasteiger partial charge in [0.15, 0.2) is 0 Å². The highest BCUT2D eigenvalue weighted by Crippen LogP contribution is 2.38. The monoisotopic (exact) mass is 425 g/mol. The Bertz CT molecular complexity index is 1090. The van der Waals surface area contributed by atoms with Gasteiger partial charge in [-0.05, 0) is 34.9 Å². The summed E-state index contributed by atoms with van der Waals surface area (Å²) < 4.78 is 6.01. The number of aromatic nitrogens is 2. The van der Waals surface area contributed by atoms with Crippen LogP contribution in [-0.4, -0.2) is 33.4 Å². The number of hydrogen-bond acceptors (Lipinski definition) is 4. The van der Waals surface area contributed by atoms with Crippen molar-refractivity contribution in [3.8, 4) is 5.75 Å². The minimum Gasteiger partial charge on any atom is -0.492 e. The predicted molar refractivity (Wildman–Crippen MR) is 124 cm³/mol. The molecule has 0 fully saturated rings. The second-order valence-electron chi connectivity index (χ2n) is 8.25. The molecule has 1 unspecified atom stereocenters. The quantitative estimate of drug-likeness (QED) is 0.471. The number of nitrogens with one attached hydrogen (secondary N) is 1. The lowest BCUT2D eigenvalue weighted by molar-refractivity contribution is 0.159. The van der Waals surface area contributed by atoms with Gasteiger partial charge in [0.2, 0.25) is 0 Å². The first kappa shape index (κ1) is 20.5. The van der Waals surface area contributed by atoms with Crippen molar-refractivity contribution in [3.05, 3.63) is 119 Å². The third kappa shape index (κ3) is 4.44. The number of hydrogen-bond donors (Lipinski definition) is 2. The molecule has 32 heavy (non-hydrogen) atoms. The lowest BCUT2D eigenvalue weighted by Gasteiger charge is -2.25. The zero-order valence-electron chi connectivity index (χ0n) is 17.9. The maximum absolute atomic E-state index is 11.6. The molecular formula is C27H27N3O2. The second kappa shape index (κ2) is 9.39. The largest absolute Gasteiger partial charge is 0.492 e. The fraction of sp³-hybridized carbons (Fsp3) is 0.222. The molecule has 1 aliphatic heterocycles. The number of H-pyrrole nitrogens is 1. The Morgan fingerprint density at radius 2 is 1.62 bits per heavy atom. The zero-order chi connectivity index (χ0) is 21.8. The molecule has 4 aromatic rings. The van der Waals surface area contributed by atoms with Crippen LogP contribution in [0.4, 0.5) is 0 Å². The smallest absolute Gasteiger partial charge is 0.123 e. The Morgan fingerprint density at radius 1 is 0.906 bits per heavy atom. The van der Waals surface area contributed by atoms with Crippen LogP contribution in [-0.2, 0) is 13.1 Å². The average molecular weight is 426 g/mol. The highest BCUT2D eigenvalue weighted by molar-refractivity contribution is 5.42. The van der Waals surface area contributed by atoms with Gasteiger partial charge in [-0.2, -0.15) is 5.10 Å². The third-order valence-electron chi connectivity index (χ3n) is 6.07. The van der Waals surface area contributed by atoms with Gasteiger partial charge in [-0.25, -0.2) is 0 Å². The first-order valence-corrected chi connectivity index (χ1v) is 11.0. The Balaban J connectivity index is 1.45. The molecule has 0 aliphatic carbocycles. The standard InChI is InChI=1S/C27H27N3O2/c31-27(26(20-7-3-1-4-8-20)21-9-5-2-6-10-21)22-11-12-25-23(17-22)18-30(15-16-32-25)19-24-13-14-28-29-24/h1-14,17,26-27,31H,15-16,18-19H2,(H,28,29). The first-order chi connectivity index (χ1) is 15.8. The molecule has 162 valence electrons. The Hall–Kier alpha value is -3.41. The number of nitrogens with zero attached hydrogens (tertiary/aromatic N) is 2. The summed E-state index contributed by atoms with van der Waals surface area (Å²) in [4.78, 5) is 2.33. The fourth-order valence-electron chi connectivity index (χ4n) is 4.47. The number of aromatic amines is 1. The molecule has 0 saturated carbocycles. The summed E-state index contributed by atoms with van der Waals surface area (Å²) in [6.07, 6.45) is 1.11. The number of aliphatic hydroxyl groups excluding tert-OH is 1. The zero-order valence-corrected chi connectivity index (χ0v) is 17.9. The number of ether oxygens (including phenoxy) is 1. The van der Waals surface area contributed by atoms with E-state index >= 15 is 0 Å². The molecular weight excluding hydrogens is 398 g/mol. The predicted octanol–water partition coefficient (Wildman–Crippen LogP) is 4.67. The maximum Gasteiger partial charge on any atom is 0.123 e. The highest BCUT2D eigenvalue weighted by Gasteiger charge is 2.26. The maximum atomic E-state index is 11.6. The second-order valence-corrected chi connectivity index (χ2v) is 8.25. The molecule has 2 N–H and O–H groups in total. The van der Waals surface area contributed by atoms with E-state index < -0.39 is 6.10 Å². The van der Waals surface area contributed by atoms with Gasteiger partial charge >= 0.3 is 0 Å². The lowest BCUT2D eigenvalue weighted by atomic mass is 9.83. The van der Waals surface area contributed by atoms with E-state index in [0.29, 0.717) is 6.61 Å². The minimum absolute atomic E-state index is 0.150. The van der Waals surface area contributed by atoms with Gasteiger partial charge in [-0.15, -0.1) is 0 Å². The van der Waals surface area contributed by atoms with E-state index in [2.05, 4.69) is 45.4 Å². The van der Waals surface area contributed by atoms with E-state index in [1.807, 2.05) is 54.6 Å². The van der Waals surface area contributed by atoms with Crippen LogP contribution < -0.4 is 4.74 Å². The highest BCUT2D eigenvalue weighted by atomic mass is 16.5. The van der Waals surface area contributed by atoms with E-state index in [0.717, 1.165) is 53.3 Å². The topological polar surface area (TPSA) is 61.4 Å². The molecule has 3 aromatic carbocycles. The molecule has 5 rings (SSSR count). The van der Waals surface area contributed by atoms with Crippen molar-refractivity contribution in [3.63, 3.8) is 0 Å². The van der Waals surface area contributed by atoms with E-state index in [1.54, 1.807) is 6.20 Å². The van der Waals surface area contributed by atoms with Crippen LogP contribution in [0.25, 0.3) is 0 Å². The van der Waals surface area contributed by atoms with Gasteiger partial charge in [0.1, 0.15) is 12.4 Å². The van der Waals surface area contributed by atoms with Crippen molar-refractivity contribution >= 4 is 0 Å². The van der Waals surface area contributed by atoms with Crippen molar-refractivity contribution in [1.29, 1.82) is 0 Å². The summed E-state index contributed by atoms with van der Waals surface area (Å²) in [6.45, 7) is 3.02. The fourth-order valence-corrected chi connectivity index (χ4v) is 4.47. The normalized spacial score (nSPS) is 15.1. The third-order valence-corrected chi connectivity index (χ3v) is 6.07. The summed E-state index contributed by atoms with van der Waals surface area (Å²) in [5.74, 6) is 0.743. The number of aliphatic hydroxyl groups is 1. The van der Waals surface area contributed by atoms with Gasteiger partial charge in [0.25, 0.3) is 0 Å². The molecule has 0 spiro atoms. The van der Waals surface area contributed by atoms with Crippen molar-refractivity contribution < 1.29 is 9.84 Å². The van der Waals surface area contributed by atoms with E-state index in [9.17, 15) is 5.11 Å². The Kier molecular flexibility index (Phi) is 6.01. The number of rotatable bonds is 6. The Morgan fingerprint density at radius 3 is 2.28 bits per heavy atom. The van der Waals surface area contributed by atoms with Crippen LogP contribution >= 0.6 is 0 Å². The van der Waals surface area contributed by atoms with Gasteiger partial charge in [0, 0.05) is 43.0 Å². The van der Waals surface area contributed by atoms with Crippen LogP contribution in [0.15, 0.2) is 91.1 Å². The molecule has 1 aromatic heterocycles. The summed E-state index contributed by atoms with van der Waals surface area (Å²) in [5.41, 5.74) is 5.27. The van der Waals surface area contributed by atoms with E-state index in [-0.39, 0.29) is 5.92 Å². The van der Waals surface area contributed by atoms with Crippen LogP contribution in [0.2, 0.25) is 0 Å². The first-order valence-electron chi connectivity index (χ1n) is 11.0. The molecule has 0 bridgehead atoms. The van der Waals surface area contributed by atoms with E-state index in [1.165, 1.54) is 0 Å². The number of benzene rings is 3. The SMILES string of the molecule is OC(c1ccc2c(c1)CN(Cc1ccn[nH]1)CCO2)C(c1ccccc1)c1ccccc1. The molecule has 1 atom stereocenters. The summed E-state index contributed by atoms with van der Waals surface area (Å²) in [7, 11) is 0. The van der Waals surface area contributed by atoms with Crippen molar-refractivity contribution in [2.45, 2.75) is 25.1 Å². The van der Waals surface area contributed by atoms with Gasteiger partial charge in [-0.1, -0.05) is 66.7 Å². The van der Waals surface area contributed by atoms with Crippen molar-refractivity contribution in [1.82, 2.24) is 15.1 Å². The van der Waals surface area contributed by atoms with E-state index in [4.69, 9.17) is 4.74 Å². The molecule has 0 saturated heterocycles.